The molecule has 5 rings (SSSR count). The third kappa shape index (κ3) is 6.31. The molecule has 1 atom stereocenters. The maximum atomic E-state index is 14.0. The first-order valence-corrected chi connectivity index (χ1v) is 15.3. The standard InChI is InChI=1S/C33H31ClN2O8S/c1-7-42-32(39)28-18(4)35-33-36(29(28)19-9-12-25(43-17(2)3)26(15-19)40-5)30(37)27(45-33)16-21-10-13-24(44-21)22-14-20(31(38)41-6)8-11-23(22)34/h8-17,29H,7H2,1-6H3/b27-16-/t29-/m1/s1. The van der Waals surface area contributed by atoms with E-state index in [4.69, 9.17) is 35.0 Å². The number of hydrogen-bond acceptors (Lipinski definition) is 10. The number of fused-ring (bicyclic) bond motifs is 1. The number of methoxy groups -OCH3 is 2. The van der Waals surface area contributed by atoms with Gasteiger partial charge in [-0.25, -0.2) is 14.6 Å². The highest BCUT2D eigenvalue weighted by molar-refractivity contribution is 7.07. The van der Waals surface area contributed by atoms with E-state index in [9.17, 15) is 14.4 Å². The predicted molar refractivity (Wildman–Crippen MR) is 170 cm³/mol. The van der Waals surface area contributed by atoms with Gasteiger partial charge in [0.25, 0.3) is 5.56 Å². The molecular formula is C33H31ClN2O8S. The lowest BCUT2D eigenvalue weighted by molar-refractivity contribution is -0.139. The van der Waals surface area contributed by atoms with Crippen LogP contribution in [0.2, 0.25) is 5.02 Å². The van der Waals surface area contributed by atoms with Crippen LogP contribution in [0, 0.1) is 0 Å². The molecule has 4 aromatic rings. The number of allylic oxidation sites excluding steroid dienone is 1. The smallest absolute Gasteiger partial charge is 0.338 e. The van der Waals surface area contributed by atoms with Gasteiger partial charge in [-0.3, -0.25) is 9.36 Å². The number of nitrogens with zero attached hydrogens (tertiary/aromatic N) is 2. The first-order valence-electron chi connectivity index (χ1n) is 14.1. The Labute approximate surface area is 267 Å². The van der Waals surface area contributed by atoms with Crippen LogP contribution >= 0.6 is 22.9 Å². The van der Waals surface area contributed by atoms with Crippen LogP contribution in [-0.4, -0.2) is 43.4 Å². The van der Waals surface area contributed by atoms with Gasteiger partial charge in [0, 0.05) is 11.6 Å². The molecule has 45 heavy (non-hydrogen) atoms. The van der Waals surface area contributed by atoms with Crippen molar-refractivity contribution >= 4 is 41.0 Å². The normalized spacial score (nSPS) is 14.7. The van der Waals surface area contributed by atoms with Gasteiger partial charge in [-0.1, -0.05) is 29.0 Å². The lowest BCUT2D eigenvalue weighted by Crippen LogP contribution is -2.40. The fourth-order valence-electron chi connectivity index (χ4n) is 4.98. The lowest BCUT2D eigenvalue weighted by atomic mass is 9.95. The molecule has 0 N–H and O–H groups in total. The Balaban J connectivity index is 1.63. The van der Waals surface area contributed by atoms with Crippen LogP contribution < -0.4 is 24.4 Å². The molecule has 1 aliphatic heterocycles. The molecule has 0 saturated carbocycles. The minimum Gasteiger partial charge on any atom is -0.493 e. The quantitative estimate of drug-likeness (QED) is 0.224. The van der Waals surface area contributed by atoms with Gasteiger partial charge in [0.15, 0.2) is 16.3 Å². The number of carbonyl (C=O) groups excluding carboxylic acids is 2. The SMILES string of the molecule is CCOC(=O)C1=C(C)N=c2s/c(=C\c3ccc(-c4cc(C(=O)OC)ccc4Cl)o3)c(=O)n2[C@@H]1c1ccc(OC(C)C)c(OC)c1. The summed E-state index contributed by atoms with van der Waals surface area (Å²) in [5.74, 6) is 0.698. The van der Waals surface area contributed by atoms with Crippen LogP contribution in [-0.2, 0) is 14.3 Å². The number of hydrogen-bond donors (Lipinski definition) is 0. The van der Waals surface area contributed by atoms with Crippen molar-refractivity contribution in [3.8, 4) is 22.8 Å². The number of aromatic nitrogens is 1. The summed E-state index contributed by atoms with van der Waals surface area (Å²) >= 11 is 7.57. The second-order valence-corrected chi connectivity index (χ2v) is 11.7. The summed E-state index contributed by atoms with van der Waals surface area (Å²) in [7, 11) is 2.83. The highest BCUT2D eigenvalue weighted by Crippen LogP contribution is 2.37. The van der Waals surface area contributed by atoms with E-state index in [0.717, 1.165) is 11.3 Å². The highest BCUT2D eigenvalue weighted by Gasteiger charge is 2.34. The van der Waals surface area contributed by atoms with Gasteiger partial charge in [0.2, 0.25) is 0 Å². The van der Waals surface area contributed by atoms with E-state index in [-0.39, 0.29) is 23.8 Å². The topological polar surface area (TPSA) is 119 Å². The molecule has 2 aromatic heterocycles. The van der Waals surface area contributed by atoms with E-state index in [1.54, 1.807) is 68.5 Å². The van der Waals surface area contributed by atoms with Crippen LogP contribution in [0.3, 0.4) is 0 Å². The molecule has 0 saturated heterocycles. The Morgan fingerprint density at radius 2 is 1.87 bits per heavy atom. The number of esters is 2. The van der Waals surface area contributed by atoms with Crippen LogP contribution in [0.1, 0.15) is 55.4 Å². The van der Waals surface area contributed by atoms with Crippen molar-refractivity contribution in [2.45, 2.75) is 39.8 Å². The predicted octanol–water partition coefficient (Wildman–Crippen LogP) is 5.29. The van der Waals surface area contributed by atoms with Gasteiger partial charge < -0.3 is 23.4 Å². The molecule has 2 aromatic carbocycles. The molecule has 1 aliphatic rings. The number of halogens is 1. The molecule has 10 nitrogen and oxygen atoms in total. The van der Waals surface area contributed by atoms with Gasteiger partial charge in [-0.2, -0.15) is 0 Å². The number of benzene rings is 2. The summed E-state index contributed by atoms with van der Waals surface area (Å²) in [6, 6.07) is 12.6. The minimum atomic E-state index is -0.837. The van der Waals surface area contributed by atoms with Crippen LogP contribution in [0.15, 0.2) is 74.0 Å². The maximum Gasteiger partial charge on any atom is 0.338 e. The summed E-state index contributed by atoms with van der Waals surface area (Å²) in [6.07, 6.45) is 1.51. The van der Waals surface area contributed by atoms with Crippen molar-refractivity contribution in [1.29, 1.82) is 0 Å². The summed E-state index contributed by atoms with van der Waals surface area (Å²) < 4.78 is 29.5. The molecule has 234 valence electrons. The average molecular weight is 651 g/mol. The Morgan fingerprint density at radius 1 is 1.09 bits per heavy atom. The largest absolute Gasteiger partial charge is 0.493 e. The molecule has 0 bridgehead atoms. The van der Waals surface area contributed by atoms with E-state index in [1.165, 1.54) is 18.8 Å². The van der Waals surface area contributed by atoms with Crippen molar-refractivity contribution in [1.82, 2.24) is 4.57 Å². The van der Waals surface area contributed by atoms with E-state index in [2.05, 4.69) is 4.99 Å². The van der Waals surface area contributed by atoms with Crippen molar-refractivity contribution in [3.05, 3.63) is 101 Å². The number of rotatable bonds is 9. The number of ether oxygens (including phenoxy) is 4. The van der Waals surface area contributed by atoms with Gasteiger partial charge in [0.05, 0.1) is 59.4 Å². The molecule has 0 aliphatic carbocycles. The van der Waals surface area contributed by atoms with E-state index >= 15 is 0 Å². The molecule has 0 fully saturated rings. The lowest BCUT2D eigenvalue weighted by Gasteiger charge is -2.25. The van der Waals surface area contributed by atoms with E-state index < -0.39 is 18.0 Å². The Kier molecular flexibility index (Phi) is 9.31. The average Bonchev–Trinajstić information content (AvgIpc) is 3.60. The summed E-state index contributed by atoms with van der Waals surface area (Å²) in [5, 5.41) is 0.380. The summed E-state index contributed by atoms with van der Waals surface area (Å²) in [5.41, 5.74) is 1.74. The second-order valence-electron chi connectivity index (χ2n) is 10.3. The van der Waals surface area contributed by atoms with Crippen molar-refractivity contribution in [2.24, 2.45) is 4.99 Å². The zero-order chi connectivity index (χ0) is 32.4. The van der Waals surface area contributed by atoms with E-state index in [0.29, 0.717) is 59.8 Å². The molecular weight excluding hydrogens is 620 g/mol. The van der Waals surface area contributed by atoms with Gasteiger partial charge in [-0.15, -0.1) is 0 Å². The van der Waals surface area contributed by atoms with Crippen LogP contribution in [0.25, 0.3) is 17.4 Å². The first kappa shape index (κ1) is 31.8. The molecule has 0 radical (unpaired) electrons. The Morgan fingerprint density at radius 3 is 2.56 bits per heavy atom. The molecule has 0 spiro atoms. The molecule has 0 amide bonds. The van der Waals surface area contributed by atoms with Crippen LogP contribution in [0.5, 0.6) is 11.5 Å². The third-order valence-corrected chi connectivity index (χ3v) is 8.25. The van der Waals surface area contributed by atoms with Gasteiger partial charge in [-0.05, 0) is 75.7 Å². The van der Waals surface area contributed by atoms with Gasteiger partial charge in [0.1, 0.15) is 11.5 Å². The highest BCUT2D eigenvalue weighted by atomic mass is 35.5. The van der Waals surface area contributed by atoms with Crippen molar-refractivity contribution in [3.63, 3.8) is 0 Å². The maximum absolute atomic E-state index is 14.0. The molecule has 0 unspecified atom stereocenters. The fraction of sp³-hybridized carbons (Fsp3) is 0.273. The van der Waals surface area contributed by atoms with Gasteiger partial charge >= 0.3 is 11.9 Å². The number of furan rings is 1. The number of carbonyl (C=O) groups is 2. The number of thiazole rings is 1. The minimum absolute atomic E-state index is 0.0883. The fourth-order valence-corrected chi connectivity index (χ4v) is 6.21. The third-order valence-electron chi connectivity index (χ3n) is 6.94. The van der Waals surface area contributed by atoms with Crippen molar-refractivity contribution < 1.29 is 33.0 Å². The second kappa shape index (κ2) is 13.2. The molecule has 3 heterocycles. The zero-order valence-electron chi connectivity index (χ0n) is 25.5. The Bertz CT molecular complexity index is 2000. The Hall–Kier alpha value is -4.61. The first-order chi connectivity index (χ1) is 21.6. The summed E-state index contributed by atoms with van der Waals surface area (Å²) in [4.78, 5) is 44.4. The molecule has 12 heteroatoms. The monoisotopic (exact) mass is 650 g/mol. The van der Waals surface area contributed by atoms with Crippen molar-refractivity contribution in [2.75, 3.05) is 20.8 Å². The summed E-state index contributed by atoms with van der Waals surface area (Å²) in [6.45, 7) is 7.41. The zero-order valence-corrected chi connectivity index (χ0v) is 27.1. The van der Waals surface area contributed by atoms with Crippen LogP contribution in [0.4, 0.5) is 0 Å². The van der Waals surface area contributed by atoms with E-state index in [1.807, 2.05) is 13.8 Å².